The van der Waals surface area contributed by atoms with Crippen LogP contribution < -0.4 is 5.73 Å². The highest BCUT2D eigenvalue weighted by molar-refractivity contribution is 5.85. The molecule has 0 saturated carbocycles. The van der Waals surface area contributed by atoms with E-state index in [0.717, 1.165) is 25.9 Å². The first-order valence-corrected chi connectivity index (χ1v) is 4.72. The smallest absolute Gasteiger partial charge is 0.188 e. The van der Waals surface area contributed by atoms with Crippen molar-refractivity contribution in [1.82, 2.24) is 4.90 Å². The zero-order chi connectivity index (χ0) is 9.26. The second-order valence-electron chi connectivity index (χ2n) is 3.70. The number of allylic oxidation sites excluding steroid dienone is 3. The van der Waals surface area contributed by atoms with Gasteiger partial charge >= 0.3 is 0 Å². The van der Waals surface area contributed by atoms with E-state index in [1.807, 2.05) is 4.90 Å². The predicted molar refractivity (Wildman–Crippen MR) is 67.9 cm³/mol. The Morgan fingerprint density at radius 3 is 2.87 bits per heavy atom. The van der Waals surface area contributed by atoms with Crippen molar-refractivity contribution in [3.63, 3.8) is 0 Å². The third-order valence-corrected chi connectivity index (χ3v) is 2.85. The molecule has 0 spiro atoms. The van der Waals surface area contributed by atoms with E-state index in [1.54, 1.807) is 0 Å². The van der Waals surface area contributed by atoms with Gasteiger partial charge in [-0.1, -0.05) is 18.2 Å². The van der Waals surface area contributed by atoms with Gasteiger partial charge in [0.15, 0.2) is 5.96 Å². The lowest BCUT2D eigenvalue weighted by Gasteiger charge is -2.35. The number of guanidine groups is 1. The molecule has 1 saturated heterocycles. The van der Waals surface area contributed by atoms with E-state index in [0.29, 0.717) is 5.92 Å². The fourth-order valence-corrected chi connectivity index (χ4v) is 2.02. The first-order chi connectivity index (χ1) is 6.27. The molecule has 0 aromatic carbocycles. The monoisotopic (exact) mass is 249 g/mol. The van der Waals surface area contributed by atoms with E-state index in [1.165, 1.54) is 5.57 Å². The highest BCUT2D eigenvalue weighted by Crippen LogP contribution is 2.28. The molecule has 1 atom stereocenters. The Balaban J connectivity index is 0.000000980. The van der Waals surface area contributed by atoms with Crippen LogP contribution in [-0.4, -0.2) is 23.9 Å². The van der Waals surface area contributed by atoms with Crippen LogP contribution in [-0.2, 0) is 0 Å². The standard InChI is InChI=1S/C10H15N3.2ClH/c11-10(12)13-6-5-8-3-1-2-4-9(8)7-13;;/h1-2,4,8H,3,5-7H2,(H3,11,12);2*1H. The van der Waals surface area contributed by atoms with Crippen LogP contribution in [0.25, 0.3) is 0 Å². The van der Waals surface area contributed by atoms with Gasteiger partial charge in [0.25, 0.3) is 0 Å². The fourth-order valence-electron chi connectivity index (χ4n) is 2.02. The van der Waals surface area contributed by atoms with Crippen LogP contribution in [0.1, 0.15) is 12.8 Å². The number of rotatable bonds is 0. The minimum atomic E-state index is 0. The molecule has 0 aromatic rings. The van der Waals surface area contributed by atoms with Gasteiger partial charge in [-0.05, 0) is 24.3 Å². The minimum absolute atomic E-state index is 0. The number of halogens is 2. The van der Waals surface area contributed by atoms with E-state index >= 15 is 0 Å². The number of fused-ring (bicyclic) bond motifs is 1. The summed E-state index contributed by atoms with van der Waals surface area (Å²) in [5.41, 5.74) is 6.89. The van der Waals surface area contributed by atoms with Gasteiger partial charge < -0.3 is 10.6 Å². The lowest BCUT2D eigenvalue weighted by molar-refractivity contribution is 0.330. The second kappa shape index (κ2) is 6.03. The molecule has 1 heterocycles. The third-order valence-electron chi connectivity index (χ3n) is 2.85. The van der Waals surface area contributed by atoms with E-state index < -0.39 is 0 Å². The van der Waals surface area contributed by atoms with Crippen molar-refractivity contribution in [2.75, 3.05) is 13.1 Å². The summed E-state index contributed by atoms with van der Waals surface area (Å²) in [6.07, 6.45) is 8.80. The zero-order valence-corrected chi connectivity index (χ0v) is 10.1. The number of nitrogens with one attached hydrogen (secondary N) is 1. The highest BCUT2D eigenvalue weighted by Gasteiger charge is 2.24. The van der Waals surface area contributed by atoms with Crippen LogP contribution in [0.4, 0.5) is 0 Å². The molecule has 0 amide bonds. The molecule has 5 heteroatoms. The van der Waals surface area contributed by atoms with Crippen molar-refractivity contribution in [1.29, 1.82) is 5.41 Å². The molecule has 2 aliphatic rings. The van der Waals surface area contributed by atoms with Gasteiger partial charge in [0.05, 0.1) is 0 Å². The van der Waals surface area contributed by atoms with Gasteiger partial charge in [0.2, 0.25) is 0 Å². The van der Waals surface area contributed by atoms with Gasteiger partial charge in [0.1, 0.15) is 0 Å². The van der Waals surface area contributed by atoms with Crippen molar-refractivity contribution >= 4 is 30.8 Å². The first kappa shape index (κ1) is 14.3. The Kier molecular flexibility index (Phi) is 5.76. The molecule has 0 bridgehead atoms. The molecule has 3 nitrogen and oxygen atoms in total. The Labute approximate surface area is 103 Å². The summed E-state index contributed by atoms with van der Waals surface area (Å²) in [5, 5.41) is 7.35. The number of piperidine rings is 1. The number of nitrogens with zero attached hydrogens (tertiary/aromatic N) is 1. The number of hydrogen-bond acceptors (Lipinski definition) is 1. The van der Waals surface area contributed by atoms with Crippen LogP contribution in [0.2, 0.25) is 0 Å². The summed E-state index contributed by atoms with van der Waals surface area (Å²) >= 11 is 0. The second-order valence-corrected chi connectivity index (χ2v) is 3.70. The van der Waals surface area contributed by atoms with Gasteiger partial charge in [-0.2, -0.15) is 0 Å². The maximum Gasteiger partial charge on any atom is 0.188 e. The summed E-state index contributed by atoms with van der Waals surface area (Å²) < 4.78 is 0. The van der Waals surface area contributed by atoms with Crippen molar-refractivity contribution < 1.29 is 0 Å². The average Bonchev–Trinajstić information content (AvgIpc) is 2.17. The van der Waals surface area contributed by atoms with Crippen LogP contribution in [0.5, 0.6) is 0 Å². The largest absolute Gasteiger partial charge is 0.370 e. The average molecular weight is 250 g/mol. The maximum absolute atomic E-state index is 7.35. The quantitative estimate of drug-likeness (QED) is 0.510. The van der Waals surface area contributed by atoms with Crippen molar-refractivity contribution in [3.8, 4) is 0 Å². The van der Waals surface area contributed by atoms with E-state index in [-0.39, 0.29) is 30.8 Å². The van der Waals surface area contributed by atoms with Crippen molar-refractivity contribution in [3.05, 3.63) is 23.8 Å². The molecule has 1 fully saturated rings. The van der Waals surface area contributed by atoms with Crippen LogP contribution in [0, 0.1) is 11.3 Å². The molecule has 1 aliphatic heterocycles. The molecule has 1 unspecified atom stereocenters. The molecule has 3 N–H and O–H groups in total. The van der Waals surface area contributed by atoms with Gasteiger partial charge in [0, 0.05) is 13.1 Å². The first-order valence-electron chi connectivity index (χ1n) is 4.72. The van der Waals surface area contributed by atoms with Gasteiger partial charge in [-0.15, -0.1) is 24.8 Å². The molecule has 86 valence electrons. The molecule has 0 radical (unpaired) electrons. The van der Waals surface area contributed by atoms with Crippen LogP contribution >= 0.6 is 24.8 Å². The van der Waals surface area contributed by atoms with Crippen LogP contribution in [0.15, 0.2) is 23.8 Å². The Hall–Kier alpha value is -0.670. The van der Waals surface area contributed by atoms with E-state index in [9.17, 15) is 0 Å². The third kappa shape index (κ3) is 3.14. The molecular formula is C10H17Cl2N3. The van der Waals surface area contributed by atoms with Crippen molar-refractivity contribution in [2.45, 2.75) is 12.8 Å². The number of hydrogen-bond donors (Lipinski definition) is 2. The summed E-state index contributed by atoms with van der Waals surface area (Å²) in [4.78, 5) is 1.93. The fraction of sp³-hybridized carbons (Fsp3) is 0.500. The summed E-state index contributed by atoms with van der Waals surface area (Å²) in [6.45, 7) is 1.79. The lowest BCUT2D eigenvalue weighted by atomic mass is 9.85. The molecule has 15 heavy (non-hydrogen) atoms. The van der Waals surface area contributed by atoms with Gasteiger partial charge in [-0.25, -0.2) is 0 Å². The normalized spacial score (nSPS) is 23.1. The summed E-state index contributed by atoms with van der Waals surface area (Å²) in [6, 6.07) is 0. The van der Waals surface area contributed by atoms with Crippen LogP contribution in [0.3, 0.4) is 0 Å². The Bertz CT molecular complexity index is 286. The zero-order valence-electron chi connectivity index (χ0n) is 8.48. The molecule has 1 aliphatic carbocycles. The summed E-state index contributed by atoms with van der Waals surface area (Å²) in [5.74, 6) is 0.912. The molecule has 0 aromatic heterocycles. The van der Waals surface area contributed by atoms with E-state index in [2.05, 4.69) is 18.2 Å². The topological polar surface area (TPSA) is 53.1 Å². The lowest BCUT2D eigenvalue weighted by Crippen LogP contribution is -2.43. The molecular weight excluding hydrogens is 233 g/mol. The van der Waals surface area contributed by atoms with Crippen molar-refractivity contribution in [2.24, 2.45) is 11.7 Å². The number of nitrogens with two attached hydrogens (primary N) is 1. The van der Waals surface area contributed by atoms with E-state index in [4.69, 9.17) is 11.1 Å². The molecule has 2 rings (SSSR count). The Morgan fingerprint density at radius 1 is 1.47 bits per heavy atom. The predicted octanol–water partition coefficient (Wildman–Crippen LogP) is 1.93. The minimum Gasteiger partial charge on any atom is -0.370 e. The highest BCUT2D eigenvalue weighted by atomic mass is 35.5. The van der Waals surface area contributed by atoms with Gasteiger partial charge in [-0.3, -0.25) is 5.41 Å². The Morgan fingerprint density at radius 2 is 2.20 bits per heavy atom. The SMILES string of the molecule is Cl.Cl.N=C(N)N1CCC2CC=CC=C2C1. The summed E-state index contributed by atoms with van der Waals surface area (Å²) in [7, 11) is 0. The maximum atomic E-state index is 7.35. The number of likely N-dealkylation sites (tertiary alicyclic amines) is 1.